The van der Waals surface area contributed by atoms with E-state index < -0.39 is 29.7 Å². The van der Waals surface area contributed by atoms with Crippen molar-refractivity contribution in [2.45, 2.75) is 18.5 Å². The van der Waals surface area contributed by atoms with E-state index in [1.165, 1.54) is 18.2 Å². The lowest BCUT2D eigenvalue weighted by Gasteiger charge is -2.23. The molecule has 2 aromatic heterocycles. The zero-order chi connectivity index (χ0) is 24.3. The zero-order valence-corrected chi connectivity index (χ0v) is 17.2. The van der Waals surface area contributed by atoms with E-state index in [-0.39, 0.29) is 29.2 Å². The van der Waals surface area contributed by atoms with E-state index in [0.717, 1.165) is 24.3 Å². The molecular weight excluding hydrogens is 468 g/mol. The second-order valence-electron chi connectivity index (χ2n) is 7.14. The maximum atomic E-state index is 13.0. The number of hydrogen-bond acceptors (Lipinski definition) is 8. The van der Waals surface area contributed by atoms with Gasteiger partial charge in [0.25, 0.3) is 0 Å². The highest BCUT2D eigenvalue weighted by atomic mass is 19.4. The Morgan fingerprint density at radius 1 is 0.853 bits per heavy atom. The van der Waals surface area contributed by atoms with Crippen LogP contribution in [0.2, 0.25) is 0 Å². The van der Waals surface area contributed by atoms with E-state index in [1.54, 1.807) is 0 Å². The van der Waals surface area contributed by atoms with E-state index in [0.29, 0.717) is 19.7 Å². The lowest BCUT2D eigenvalue weighted by Crippen LogP contribution is -2.34. The molecule has 0 aliphatic carbocycles. The molecule has 0 amide bonds. The minimum absolute atomic E-state index is 0.0535. The molecule has 1 atom stereocenters. The molecule has 1 aromatic carbocycles. The summed E-state index contributed by atoms with van der Waals surface area (Å²) in [5.74, 6) is -0.348. The summed E-state index contributed by atoms with van der Waals surface area (Å²) >= 11 is 0. The molecule has 0 saturated carbocycles. The predicted molar refractivity (Wildman–Crippen MR) is 109 cm³/mol. The summed E-state index contributed by atoms with van der Waals surface area (Å²) in [4.78, 5) is 16.0. The summed E-state index contributed by atoms with van der Waals surface area (Å²) in [6, 6.07) is 7.66. The number of anilines is 4. The van der Waals surface area contributed by atoms with E-state index >= 15 is 0 Å². The van der Waals surface area contributed by atoms with Crippen LogP contribution in [0, 0.1) is 0 Å². The lowest BCUT2D eigenvalue weighted by atomic mass is 10.2. The Bertz CT molecular complexity index is 1070. The highest BCUT2D eigenvalue weighted by Crippen LogP contribution is 2.32. The minimum Gasteiger partial charge on any atom is -0.368 e. The molecule has 0 radical (unpaired) electrons. The van der Waals surface area contributed by atoms with Crippen LogP contribution >= 0.6 is 0 Å². The van der Waals surface area contributed by atoms with Crippen LogP contribution in [0.25, 0.3) is 0 Å². The van der Waals surface area contributed by atoms with Crippen molar-refractivity contribution < 1.29 is 31.1 Å². The van der Waals surface area contributed by atoms with Crippen LogP contribution in [0.3, 0.4) is 0 Å². The third kappa shape index (κ3) is 5.88. The van der Waals surface area contributed by atoms with Crippen LogP contribution in [0.4, 0.5) is 49.7 Å². The fraction of sp³-hybridized carbons (Fsp3) is 0.300. The van der Waals surface area contributed by atoms with Crippen molar-refractivity contribution >= 4 is 23.4 Å². The molecule has 3 N–H and O–H groups in total. The topological polar surface area (TPSA) is 96.9 Å². The van der Waals surface area contributed by atoms with Crippen LogP contribution in [0.15, 0.2) is 42.5 Å². The van der Waals surface area contributed by atoms with E-state index in [2.05, 4.69) is 35.9 Å². The molecule has 3 aromatic rings. The van der Waals surface area contributed by atoms with E-state index in [4.69, 9.17) is 4.74 Å². The summed E-state index contributed by atoms with van der Waals surface area (Å²) in [6.45, 7) is 1.33. The van der Waals surface area contributed by atoms with Crippen LogP contribution < -0.4 is 16.0 Å². The highest BCUT2D eigenvalue weighted by Gasteiger charge is 2.33. The van der Waals surface area contributed by atoms with Gasteiger partial charge in [0, 0.05) is 18.8 Å². The third-order valence-corrected chi connectivity index (χ3v) is 4.59. The number of alkyl halides is 6. The molecule has 0 bridgehead atoms. The van der Waals surface area contributed by atoms with Crippen molar-refractivity contribution in [1.29, 1.82) is 0 Å². The van der Waals surface area contributed by atoms with Crippen molar-refractivity contribution in [3.8, 4) is 0 Å². The van der Waals surface area contributed by atoms with Gasteiger partial charge in [-0.05, 0) is 30.3 Å². The Balaban J connectivity index is 1.66. The molecule has 0 spiro atoms. The number of halogens is 6. The number of ether oxygens (including phenoxy) is 1. The first-order valence-corrected chi connectivity index (χ1v) is 9.92. The number of nitrogens with one attached hydrogen (secondary N) is 3. The van der Waals surface area contributed by atoms with Crippen LogP contribution in [-0.4, -0.2) is 39.6 Å². The van der Waals surface area contributed by atoms with Gasteiger partial charge < -0.3 is 20.7 Å². The zero-order valence-electron chi connectivity index (χ0n) is 17.2. The maximum Gasteiger partial charge on any atom is 0.433 e. The first kappa shape index (κ1) is 23.6. The second kappa shape index (κ2) is 9.38. The number of morpholine rings is 1. The van der Waals surface area contributed by atoms with E-state index in [1.807, 2.05) is 0 Å². The van der Waals surface area contributed by atoms with Gasteiger partial charge in [0.05, 0.1) is 12.2 Å². The largest absolute Gasteiger partial charge is 0.433 e. The smallest absolute Gasteiger partial charge is 0.368 e. The number of pyridine rings is 1. The first-order chi connectivity index (χ1) is 16.1. The number of aromatic nitrogens is 4. The number of nitrogens with zero attached hydrogens (tertiary/aromatic N) is 4. The molecule has 180 valence electrons. The summed E-state index contributed by atoms with van der Waals surface area (Å²) in [5, 5.41) is 8.36. The van der Waals surface area contributed by atoms with Crippen molar-refractivity contribution in [3.05, 3.63) is 59.5 Å². The first-order valence-electron chi connectivity index (χ1n) is 9.92. The Morgan fingerprint density at radius 2 is 1.59 bits per heavy atom. The van der Waals surface area contributed by atoms with Crippen molar-refractivity contribution in [1.82, 2.24) is 25.3 Å². The summed E-state index contributed by atoms with van der Waals surface area (Å²) in [7, 11) is 0. The third-order valence-electron chi connectivity index (χ3n) is 4.59. The van der Waals surface area contributed by atoms with Gasteiger partial charge >= 0.3 is 12.4 Å². The molecular formula is C20H17F6N7O. The molecule has 14 heteroatoms. The monoisotopic (exact) mass is 485 g/mol. The minimum atomic E-state index is -4.65. The van der Waals surface area contributed by atoms with Gasteiger partial charge in [-0.15, -0.1) is 0 Å². The highest BCUT2D eigenvalue weighted by molar-refractivity contribution is 5.57. The summed E-state index contributed by atoms with van der Waals surface area (Å²) < 4.78 is 83.7. The molecule has 34 heavy (non-hydrogen) atoms. The maximum absolute atomic E-state index is 13.0. The van der Waals surface area contributed by atoms with Gasteiger partial charge in [0.2, 0.25) is 11.9 Å². The SMILES string of the molecule is FC(F)(F)c1cccc(Nc2nc(Nc3cccc(C(F)(F)F)n3)nc(C3CNCCO3)n2)c1. The fourth-order valence-electron chi connectivity index (χ4n) is 3.06. The molecule has 1 aliphatic heterocycles. The second-order valence-corrected chi connectivity index (χ2v) is 7.14. The van der Waals surface area contributed by atoms with Crippen LogP contribution in [0.5, 0.6) is 0 Å². The van der Waals surface area contributed by atoms with Crippen LogP contribution in [0.1, 0.15) is 23.2 Å². The molecule has 3 heterocycles. The fourth-order valence-corrected chi connectivity index (χ4v) is 3.06. The van der Waals surface area contributed by atoms with E-state index in [9.17, 15) is 26.3 Å². The predicted octanol–water partition coefficient (Wildman–Crippen LogP) is 4.45. The van der Waals surface area contributed by atoms with Gasteiger partial charge in [-0.2, -0.15) is 41.3 Å². The molecule has 4 rings (SSSR count). The molecule has 1 aliphatic rings. The summed E-state index contributed by atoms with van der Waals surface area (Å²) in [5.41, 5.74) is -1.94. The lowest BCUT2D eigenvalue weighted by molar-refractivity contribution is -0.141. The van der Waals surface area contributed by atoms with Gasteiger partial charge in [-0.3, -0.25) is 0 Å². The number of rotatable bonds is 5. The normalized spacial score (nSPS) is 16.8. The molecule has 8 nitrogen and oxygen atoms in total. The standard InChI is InChI=1S/C20H17F6N7O/c21-19(22,23)11-3-1-4-12(9-11)28-17-31-16(13-10-27-7-8-34-13)32-18(33-17)30-15-6-2-5-14(29-15)20(24,25)26/h1-6,9,13,27H,7-8,10H2,(H2,28,29,30,31,32,33). The average Bonchev–Trinajstić information content (AvgIpc) is 2.79. The molecule has 1 unspecified atom stereocenters. The van der Waals surface area contributed by atoms with Gasteiger partial charge in [-0.25, -0.2) is 4.98 Å². The Labute approximate surface area is 188 Å². The number of benzene rings is 1. The van der Waals surface area contributed by atoms with Crippen LogP contribution in [-0.2, 0) is 17.1 Å². The van der Waals surface area contributed by atoms with Crippen molar-refractivity contribution in [3.63, 3.8) is 0 Å². The van der Waals surface area contributed by atoms with Gasteiger partial charge in [0.1, 0.15) is 17.6 Å². The Hall–Kier alpha value is -3.52. The Kier molecular flexibility index (Phi) is 6.52. The molecule has 1 fully saturated rings. The number of hydrogen-bond donors (Lipinski definition) is 3. The van der Waals surface area contributed by atoms with Gasteiger partial charge in [0.15, 0.2) is 5.82 Å². The van der Waals surface area contributed by atoms with Crippen molar-refractivity contribution in [2.24, 2.45) is 0 Å². The quantitative estimate of drug-likeness (QED) is 0.456. The molecule has 1 saturated heterocycles. The van der Waals surface area contributed by atoms with Crippen molar-refractivity contribution in [2.75, 3.05) is 30.3 Å². The average molecular weight is 485 g/mol. The summed E-state index contributed by atoms with van der Waals surface area (Å²) in [6.07, 6.45) is -9.81. The Morgan fingerprint density at radius 3 is 2.26 bits per heavy atom. The van der Waals surface area contributed by atoms with Gasteiger partial charge in [-0.1, -0.05) is 12.1 Å².